The van der Waals surface area contributed by atoms with Crippen LogP contribution >= 0.6 is 15.9 Å². The monoisotopic (exact) mass is 285 g/mol. The first kappa shape index (κ1) is 13.0. The summed E-state index contributed by atoms with van der Waals surface area (Å²) in [4.78, 5) is 0. The molecule has 1 aromatic rings. The predicted octanol–water partition coefficient (Wildman–Crippen LogP) is 2.21. The fourth-order valence-corrected chi connectivity index (χ4v) is 1.74. The van der Waals surface area contributed by atoms with Crippen molar-refractivity contribution in [2.45, 2.75) is 19.4 Å². The number of rotatable bonds is 4. The van der Waals surface area contributed by atoms with Crippen molar-refractivity contribution in [3.05, 3.63) is 22.2 Å². The summed E-state index contributed by atoms with van der Waals surface area (Å²) in [6.45, 7) is 3.80. The molecule has 0 bridgehead atoms. The summed E-state index contributed by atoms with van der Waals surface area (Å²) in [5.74, 6) is 0. The van der Waals surface area contributed by atoms with E-state index in [1.807, 2.05) is 19.9 Å². The quantitative estimate of drug-likeness (QED) is 0.506. The van der Waals surface area contributed by atoms with Crippen molar-refractivity contribution in [3.8, 4) is 0 Å². The molecule has 1 aromatic carbocycles. The largest absolute Gasteiger partial charge is 0.397 e. The van der Waals surface area contributed by atoms with E-state index < -0.39 is 5.54 Å². The number of nitrogens with two attached hydrogens (primary N) is 1. The van der Waals surface area contributed by atoms with Crippen LogP contribution in [0.1, 0.15) is 19.4 Å². The highest BCUT2D eigenvalue weighted by Crippen LogP contribution is 2.28. The number of anilines is 2. The zero-order chi connectivity index (χ0) is 12.3. The lowest BCUT2D eigenvalue weighted by Crippen LogP contribution is -2.34. The maximum Gasteiger partial charge on any atom is 0.0656 e. The van der Waals surface area contributed by atoms with Crippen molar-refractivity contribution in [1.82, 2.24) is 0 Å². The van der Waals surface area contributed by atoms with Crippen molar-refractivity contribution in [1.29, 1.82) is 5.41 Å². The second-order valence-corrected chi connectivity index (χ2v) is 5.13. The second kappa shape index (κ2) is 4.84. The van der Waals surface area contributed by atoms with Gasteiger partial charge in [-0.15, -0.1) is 0 Å². The zero-order valence-corrected chi connectivity index (χ0v) is 10.9. The summed E-state index contributed by atoms with van der Waals surface area (Å²) in [7, 11) is 0. The van der Waals surface area contributed by atoms with Crippen LogP contribution in [0.5, 0.6) is 0 Å². The van der Waals surface area contributed by atoms with Gasteiger partial charge >= 0.3 is 0 Å². The van der Waals surface area contributed by atoms with Crippen molar-refractivity contribution in [3.63, 3.8) is 0 Å². The Kier molecular flexibility index (Phi) is 3.93. The van der Waals surface area contributed by atoms with E-state index in [0.29, 0.717) is 11.3 Å². The average molecular weight is 286 g/mol. The van der Waals surface area contributed by atoms with E-state index in [1.54, 1.807) is 6.07 Å². The fourth-order valence-electron chi connectivity index (χ4n) is 1.26. The van der Waals surface area contributed by atoms with Crippen molar-refractivity contribution in [2.24, 2.45) is 0 Å². The van der Waals surface area contributed by atoms with E-state index in [9.17, 15) is 0 Å². The third-order valence-corrected chi connectivity index (χ3v) is 2.85. The molecule has 0 saturated heterocycles. The lowest BCUT2D eigenvalue weighted by molar-refractivity contribution is 0.234. The highest BCUT2D eigenvalue weighted by molar-refractivity contribution is 9.10. The zero-order valence-electron chi connectivity index (χ0n) is 9.34. The third-order valence-electron chi connectivity index (χ3n) is 2.20. The molecule has 4 nitrogen and oxygen atoms in total. The van der Waals surface area contributed by atoms with Gasteiger partial charge in [-0.05, 0) is 41.9 Å². The van der Waals surface area contributed by atoms with Crippen LogP contribution in [0.3, 0.4) is 0 Å². The molecule has 0 saturated carbocycles. The van der Waals surface area contributed by atoms with Gasteiger partial charge in [0.15, 0.2) is 0 Å². The summed E-state index contributed by atoms with van der Waals surface area (Å²) in [6, 6.07) is 3.62. The van der Waals surface area contributed by atoms with Crippen LogP contribution in [-0.4, -0.2) is 23.5 Å². The summed E-state index contributed by atoms with van der Waals surface area (Å²) >= 11 is 3.34. The molecule has 5 N–H and O–H groups in total. The van der Waals surface area contributed by atoms with E-state index in [-0.39, 0.29) is 6.61 Å². The van der Waals surface area contributed by atoms with E-state index in [2.05, 4.69) is 21.2 Å². The maximum atomic E-state index is 9.16. The van der Waals surface area contributed by atoms with Crippen molar-refractivity contribution in [2.75, 3.05) is 17.7 Å². The van der Waals surface area contributed by atoms with Gasteiger partial charge in [0.05, 0.1) is 17.8 Å². The van der Waals surface area contributed by atoms with Gasteiger partial charge in [-0.25, -0.2) is 0 Å². The molecule has 88 valence electrons. The molecule has 5 heteroatoms. The van der Waals surface area contributed by atoms with E-state index in [1.165, 1.54) is 6.21 Å². The Morgan fingerprint density at radius 1 is 1.56 bits per heavy atom. The van der Waals surface area contributed by atoms with Crippen LogP contribution in [0.2, 0.25) is 0 Å². The molecule has 1 rings (SSSR count). The molecule has 0 unspecified atom stereocenters. The SMILES string of the molecule is CC(C)(CO)Nc1cc(Br)c(N)c(C=N)c1. The van der Waals surface area contributed by atoms with Crippen molar-refractivity contribution >= 4 is 33.5 Å². The molecule has 0 aliphatic rings. The highest BCUT2D eigenvalue weighted by Gasteiger charge is 2.16. The molecule has 0 aliphatic carbocycles. The molecule has 0 fully saturated rings. The molecular weight excluding hydrogens is 270 g/mol. The first-order valence-corrected chi connectivity index (χ1v) is 5.67. The molecule has 0 aromatic heterocycles. The van der Waals surface area contributed by atoms with Crippen LogP contribution in [0.4, 0.5) is 11.4 Å². The minimum Gasteiger partial charge on any atom is -0.397 e. The highest BCUT2D eigenvalue weighted by atomic mass is 79.9. The first-order valence-electron chi connectivity index (χ1n) is 4.88. The number of nitrogens with one attached hydrogen (secondary N) is 2. The Morgan fingerprint density at radius 3 is 2.69 bits per heavy atom. The van der Waals surface area contributed by atoms with Crippen LogP contribution in [0.15, 0.2) is 16.6 Å². The summed E-state index contributed by atoms with van der Waals surface area (Å²) < 4.78 is 0.740. The Hall–Kier alpha value is -1.07. The first-order chi connectivity index (χ1) is 7.39. The molecule has 0 aliphatic heterocycles. The molecule has 0 spiro atoms. The number of benzene rings is 1. The van der Waals surface area contributed by atoms with Crippen LogP contribution in [0.25, 0.3) is 0 Å². The molecule has 0 heterocycles. The van der Waals surface area contributed by atoms with Gasteiger partial charge in [0.25, 0.3) is 0 Å². The van der Waals surface area contributed by atoms with Crippen LogP contribution in [-0.2, 0) is 0 Å². The summed E-state index contributed by atoms with van der Waals surface area (Å²) in [5.41, 5.74) is 7.38. The molecule has 0 amide bonds. The van der Waals surface area contributed by atoms with E-state index >= 15 is 0 Å². The normalized spacial score (nSPS) is 11.2. The Bertz CT molecular complexity index is 404. The number of nitrogen functional groups attached to an aromatic ring is 1. The molecule has 0 atom stereocenters. The smallest absolute Gasteiger partial charge is 0.0656 e. The van der Waals surface area contributed by atoms with Gasteiger partial charge < -0.3 is 21.6 Å². The van der Waals surface area contributed by atoms with Gasteiger partial charge in [0, 0.05) is 21.9 Å². The van der Waals surface area contributed by atoms with Crippen LogP contribution < -0.4 is 11.1 Å². The minimum atomic E-state index is -0.408. The second-order valence-electron chi connectivity index (χ2n) is 4.27. The van der Waals surface area contributed by atoms with Crippen molar-refractivity contribution < 1.29 is 5.11 Å². The predicted molar refractivity (Wildman–Crippen MR) is 71.2 cm³/mol. The average Bonchev–Trinajstić information content (AvgIpc) is 2.22. The topological polar surface area (TPSA) is 82.1 Å². The Balaban J connectivity index is 3.07. The maximum absolute atomic E-state index is 9.16. The van der Waals surface area contributed by atoms with Gasteiger partial charge in [0.1, 0.15) is 0 Å². The third kappa shape index (κ3) is 2.96. The molecule has 16 heavy (non-hydrogen) atoms. The van der Waals surface area contributed by atoms with Crippen LogP contribution in [0, 0.1) is 5.41 Å². The number of halogens is 1. The molecular formula is C11H16BrN3O. The number of hydrogen-bond acceptors (Lipinski definition) is 4. The number of aliphatic hydroxyl groups is 1. The number of hydrogen-bond donors (Lipinski definition) is 4. The van der Waals surface area contributed by atoms with Gasteiger partial charge in [-0.2, -0.15) is 0 Å². The Morgan fingerprint density at radius 2 is 2.19 bits per heavy atom. The standard InChI is InChI=1S/C11H16BrN3O/c1-11(2,6-16)15-8-3-7(5-13)10(14)9(12)4-8/h3-5,13,15-16H,6,14H2,1-2H3. The number of aliphatic hydroxyl groups excluding tert-OH is 1. The molecule has 0 radical (unpaired) electrons. The minimum absolute atomic E-state index is 0.0227. The van der Waals surface area contributed by atoms with E-state index in [0.717, 1.165) is 10.2 Å². The summed E-state index contributed by atoms with van der Waals surface area (Å²) in [5, 5.41) is 19.6. The summed E-state index contributed by atoms with van der Waals surface area (Å²) in [6.07, 6.45) is 1.21. The fraction of sp³-hybridized carbons (Fsp3) is 0.364. The lowest BCUT2D eigenvalue weighted by Gasteiger charge is -2.25. The van der Waals surface area contributed by atoms with Gasteiger partial charge in [0.2, 0.25) is 0 Å². The Labute approximate surface area is 103 Å². The van der Waals surface area contributed by atoms with Gasteiger partial charge in [-0.3, -0.25) is 0 Å². The lowest BCUT2D eigenvalue weighted by atomic mass is 10.1. The van der Waals surface area contributed by atoms with E-state index in [4.69, 9.17) is 16.2 Å². The van der Waals surface area contributed by atoms with Gasteiger partial charge in [-0.1, -0.05) is 0 Å².